The molecule has 0 spiro atoms. The van der Waals surface area contributed by atoms with Crippen molar-refractivity contribution in [2.24, 2.45) is 0 Å². The van der Waals surface area contributed by atoms with Gasteiger partial charge in [0, 0.05) is 13.0 Å². The molecule has 1 N–H and O–H groups in total. The Labute approximate surface area is 141 Å². The van der Waals surface area contributed by atoms with Crippen molar-refractivity contribution in [2.45, 2.75) is 19.3 Å². The van der Waals surface area contributed by atoms with Crippen molar-refractivity contribution in [3.05, 3.63) is 59.4 Å². The summed E-state index contributed by atoms with van der Waals surface area (Å²) in [6.07, 6.45) is 1.35. The molecule has 24 heavy (non-hydrogen) atoms. The van der Waals surface area contributed by atoms with Gasteiger partial charge in [0.15, 0.2) is 11.5 Å². The summed E-state index contributed by atoms with van der Waals surface area (Å²) in [5.41, 5.74) is 1.52. The number of carbonyl (C=O) groups excluding carboxylic acids is 1. The number of carbonyl (C=O) groups is 1. The van der Waals surface area contributed by atoms with Crippen LogP contribution in [0.2, 0.25) is 0 Å². The van der Waals surface area contributed by atoms with E-state index in [0.29, 0.717) is 42.9 Å². The summed E-state index contributed by atoms with van der Waals surface area (Å²) < 4.78 is 24.1. The summed E-state index contributed by atoms with van der Waals surface area (Å²) in [7, 11) is 3.16. The second kappa shape index (κ2) is 8.91. The van der Waals surface area contributed by atoms with Crippen molar-refractivity contribution in [1.82, 2.24) is 5.32 Å². The molecule has 0 aliphatic heterocycles. The van der Waals surface area contributed by atoms with E-state index in [1.807, 2.05) is 18.2 Å². The molecule has 0 atom stereocenters. The molecule has 2 aromatic rings. The highest BCUT2D eigenvalue weighted by Gasteiger charge is 2.11. The molecule has 1 amide bonds. The molecule has 0 saturated carbocycles. The Morgan fingerprint density at radius 3 is 2.46 bits per heavy atom. The number of hydrogen-bond acceptors (Lipinski definition) is 3. The van der Waals surface area contributed by atoms with Crippen LogP contribution in [0.3, 0.4) is 0 Å². The Hall–Kier alpha value is -2.56. The van der Waals surface area contributed by atoms with Gasteiger partial charge in [0.2, 0.25) is 5.91 Å². The molecule has 0 unspecified atom stereocenters. The SMILES string of the molecule is COc1cccc(CCC(=O)NCCc2ccccc2F)c1OC. The number of nitrogens with one attached hydrogen (secondary N) is 1. The zero-order valence-electron chi connectivity index (χ0n) is 14.0. The first-order valence-electron chi connectivity index (χ1n) is 7.85. The summed E-state index contributed by atoms with van der Waals surface area (Å²) in [4.78, 5) is 12.0. The monoisotopic (exact) mass is 331 g/mol. The number of ether oxygens (including phenoxy) is 2. The van der Waals surface area contributed by atoms with Gasteiger partial charge in [0.25, 0.3) is 0 Å². The fraction of sp³-hybridized carbons (Fsp3) is 0.316. The van der Waals surface area contributed by atoms with Crippen LogP contribution in [0, 0.1) is 5.82 Å². The number of rotatable bonds is 8. The average molecular weight is 331 g/mol. The number of benzene rings is 2. The van der Waals surface area contributed by atoms with Crippen molar-refractivity contribution < 1.29 is 18.7 Å². The maximum atomic E-state index is 13.5. The second-order valence-corrected chi connectivity index (χ2v) is 5.34. The number of halogens is 1. The smallest absolute Gasteiger partial charge is 0.220 e. The normalized spacial score (nSPS) is 10.3. The van der Waals surface area contributed by atoms with Gasteiger partial charge >= 0.3 is 0 Å². The van der Waals surface area contributed by atoms with Crippen LogP contribution in [0.4, 0.5) is 4.39 Å². The first-order valence-corrected chi connectivity index (χ1v) is 7.85. The number of hydrogen-bond donors (Lipinski definition) is 1. The molecular weight excluding hydrogens is 309 g/mol. The van der Waals surface area contributed by atoms with Crippen LogP contribution >= 0.6 is 0 Å². The highest BCUT2D eigenvalue weighted by molar-refractivity contribution is 5.76. The topological polar surface area (TPSA) is 47.6 Å². The van der Waals surface area contributed by atoms with E-state index in [4.69, 9.17) is 9.47 Å². The van der Waals surface area contributed by atoms with Gasteiger partial charge in [-0.1, -0.05) is 30.3 Å². The van der Waals surface area contributed by atoms with Gasteiger partial charge < -0.3 is 14.8 Å². The van der Waals surface area contributed by atoms with Crippen molar-refractivity contribution in [3.8, 4) is 11.5 Å². The number of methoxy groups -OCH3 is 2. The first kappa shape index (κ1) is 17.8. The Balaban J connectivity index is 1.82. The molecule has 5 heteroatoms. The van der Waals surface area contributed by atoms with E-state index in [0.717, 1.165) is 5.56 Å². The third-order valence-corrected chi connectivity index (χ3v) is 3.78. The molecule has 0 aromatic heterocycles. The maximum absolute atomic E-state index is 13.5. The predicted molar refractivity (Wildman–Crippen MR) is 91.0 cm³/mol. The molecular formula is C19H22FNO3. The van der Waals surface area contributed by atoms with Gasteiger partial charge in [-0.3, -0.25) is 4.79 Å². The minimum atomic E-state index is -0.243. The van der Waals surface area contributed by atoms with E-state index in [1.54, 1.807) is 32.4 Å². The van der Waals surface area contributed by atoms with Crippen LogP contribution < -0.4 is 14.8 Å². The molecule has 4 nitrogen and oxygen atoms in total. The molecule has 0 bridgehead atoms. The molecule has 0 aliphatic carbocycles. The minimum absolute atomic E-state index is 0.0730. The zero-order chi connectivity index (χ0) is 17.4. The number of aryl methyl sites for hydroxylation is 1. The molecule has 0 fully saturated rings. The van der Waals surface area contributed by atoms with E-state index >= 15 is 0 Å². The van der Waals surface area contributed by atoms with E-state index in [9.17, 15) is 9.18 Å². The van der Waals surface area contributed by atoms with Gasteiger partial charge in [0.1, 0.15) is 5.82 Å². The zero-order valence-corrected chi connectivity index (χ0v) is 14.0. The average Bonchev–Trinajstić information content (AvgIpc) is 2.61. The lowest BCUT2D eigenvalue weighted by Gasteiger charge is -2.12. The van der Waals surface area contributed by atoms with Gasteiger partial charge in [-0.25, -0.2) is 4.39 Å². The van der Waals surface area contributed by atoms with Crippen LogP contribution in [0.1, 0.15) is 17.5 Å². The minimum Gasteiger partial charge on any atom is -0.493 e. The Morgan fingerprint density at radius 1 is 1.00 bits per heavy atom. The van der Waals surface area contributed by atoms with Gasteiger partial charge in [0.05, 0.1) is 14.2 Å². The number of amides is 1. The van der Waals surface area contributed by atoms with E-state index in [-0.39, 0.29) is 11.7 Å². The van der Waals surface area contributed by atoms with Crippen LogP contribution in [0.5, 0.6) is 11.5 Å². The van der Waals surface area contributed by atoms with E-state index in [1.165, 1.54) is 6.07 Å². The van der Waals surface area contributed by atoms with Crippen molar-refractivity contribution in [3.63, 3.8) is 0 Å². The summed E-state index contributed by atoms with van der Waals surface area (Å²) in [6.45, 7) is 0.412. The molecule has 0 saturated heterocycles. The maximum Gasteiger partial charge on any atom is 0.220 e. The van der Waals surface area contributed by atoms with Crippen LogP contribution in [0.25, 0.3) is 0 Å². The van der Waals surface area contributed by atoms with Gasteiger partial charge in [-0.05, 0) is 36.1 Å². The lowest BCUT2D eigenvalue weighted by Crippen LogP contribution is -2.26. The molecule has 0 heterocycles. The molecule has 0 aliphatic rings. The van der Waals surface area contributed by atoms with Gasteiger partial charge in [-0.15, -0.1) is 0 Å². The third kappa shape index (κ3) is 4.72. The largest absolute Gasteiger partial charge is 0.493 e. The molecule has 2 aromatic carbocycles. The van der Waals surface area contributed by atoms with Gasteiger partial charge in [-0.2, -0.15) is 0 Å². The summed E-state index contributed by atoms with van der Waals surface area (Å²) in [5, 5.41) is 2.82. The van der Waals surface area contributed by atoms with Crippen LogP contribution in [0.15, 0.2) is 42.5 Å². The summed E-state index contributed by atoms with van der Waals surface area (Å²) in [6, 6.07) is 12.2. The Morgan fingerprint density at radius 2 is 1.75 bits per heavy atom. The molecule has 0 radical (unpaired) electrons. The molecule has 128 valence electrons. The fourth-order valence-electron chi connectivity index (χ4n) is 2.52. The highest BCUT2D eigenvalue weighted by atomic mass is 19.1. The molecule has 2 rings (SSSR count). The van der Waals surface area contributed by atoms with E-state index in [2.05, 4.69) is 5.32 Å². The number of para-hydroxylation sites is 1. The lowest BCUT2D eigenvalue weighted by molar-refractivity contribution is -0.121. The van der Waals surface area contributed by atoms with Crippen LogP contribution in [-0.2, 0) is 17.6 Å². The van der Waals surface area contributed by atoms with Crippen molar-refractivity contribution in [1.29, 1.82) is 0 Å². The van der Waals surface area contributed by atoms with Crippen LogP contribution in [-0.4, -0.2) is 26.7 Å². The predicted octanol–water partition coefficient (Wildman–Crippen LogP) is 3.13. The second-order valence-electron chi connectivity index (χ2n) is 5.34. The lowest BCUT2D eigenvalue weighted by atomic mass is 10.1. The quantitative estimate of drug-likeness (QED) is 0.808. The standard InChI is InChI=1S/C19H22FNO3/c1-23-17-9-5-7-15(19(17)24-2)10-11-18(22)21-13-12-14-6-3-4-8-16(14)20/h3-9H,10-13H2,1-2H3,(H,21,22). The third-order valence-electron chi connectivity index (χ3n) is 3.78. The van der Waals surface area contributed by atoms with Crippen molar-refractivity contribution >= 4 is 5.91 Å². The van der Waals surface area contributed by atoms with Crippen molar-refractivity contribution in [2.75, 3.05) is 20.8 Å². The fourth-order valence-corrected chi connectivity index (χ4v) is 2.52. The first-order chi connectivity index (χ1) is 11.7. The highest BCUT2D eigenvalue weighted by Crippen LogP contribution is 2.31. The summed E-state index contributed by atoms with van der Waals surface area (Å²) in [5.74, 6) is 0.984. The summed E-state index contributed by atoms with van der Waals surface area (Å²) >= 11 is 0. The van der Waals surface area contributed by atoms with E-state index < -0.39 is 0 Å². The Bertz CT molecular complexity index is 688. The Kier molecular flexibility index (Phi) is 6.61.